The standard InChI is InChI=1S/C14H20BrNO2/c1-11(14(17)18)7-9-16(2)10-8-12-5-3-4-6-13(12)15/h3-6,11H,7-10H2,1-2H3,(H,17,18). The average molecular weight is 314 g/mol. The van der Waals surface area contributed by atoms with Gasteiger partial charge in [-0.1, -0.05) is 41.1 Å². The number of hydrogen-bond donors (Lipinski definition) is 1. The lowest BCUT2D eigenvalue weighted by Gasteiger charge is -2.18. The molecule has 0 heterocycles. The predicted molar refractivity (Wildman–Crippen MR) is 76.8 cm³/mol. The van der Waals surface area contributed by atoms with Crippen LogP contribution < -0.4 is 0 Å². The van der Waals surface area contributed by atoms with Gasteiger partial charge in [0.2, 0.25) is 0 Å². The second-order valence-electron chi connectivity index (χ2n) is 4.67. The van der Waals surface area contributed by atoms with E-state index in [-0.39, 0.29) is 5.92 Å². The summed E-state index contributed by atoms with van der Waals surface area (Å²) in [6.07, 6.45) is 1.67. The van der Waals surface area contributed by atoms with Gasteiger partial charge < -0.3 is 10.0 Å². The Hall–Kier alpha value is -0.870. The van der Waals surface area contributed by atoms with Gasteiger partial charge in [0.25, 0.3) is 0 Å². The topological polar surface area (TPSA) is 40.5 Å². The van der Waals surface area contributed by atoms with E-state index in [9.17, 15) is 4.79 Å². The van der Waals surface area contributed by atoms with E-state index in [0.717, 1.165) is 24.0 Å². The van der Waals surface area contributed by atoms with Crippen molar-refractivity contribution >= 4 is 21.9 Å². The first-order chi connectivity index (χ1) is 8.50. The van der Waals surface area contributed by atoms with Gasteiger partial charge in [-0.3, -0.25) is 4.79 Å². The van der Waals surface area contributed by atoms with Crippen molar-refractivity contribution in [1.82, 2.24) is 4.90 Å². The van der Waals surface area contributed by atoms with Gasteiger partial charge in [0.1, 0.15) is 0 Å². The quantitative estimate of drug-likeness (QED) is 0.841. The third kappa shape index (κ3) is 5.19. The summed E-state index contributed by atoms with van der Waals surface area (Å²) in [5, 5.41) is 8.81. The Labute approximate surface area is 117 Å². The molecule has 0 saturated carbocycles. The van der Waals surface area contributed by atoms with E-state index in [0.29, 0.717) is 6.42 Å². The lowest BCUT2D eigenvalue weighted by molar-refractivity contribution is -0.141. The number of carboxylic acids is 1. The molecular weight excluding hydrogens is 294 g/mol. The third-order valence-corrected chi connectivity index (χ3v) is 3.86. The van der Waals surface area contributed by atoms with Gasteiger partial charge in [-0.05, 0) is 38.1 Å². The number of benzene rings is 1. The molecule has 0 radical (unpaired) electrons. The zero-order valence-electron chi connectivity index (χ0n) is 10.9. The molecular formula is C14H20BrNO2. The lowest BCUT2D eigenvalue weighted by Crippen LogP contribution is -2.25. The van der Waals surface area contributed by atoms with E-state index in [1.165, 1.54) is 5.56 Å². The van der Waals surface area contributed by atoms with E-state index in [1.54, 1.807) is 6.92 Å². The lowest BCUT2D eigenvalue weighted by atomic mass is 10.1. The number of rotatable bonds is 7. The smallest absolute Gasteiger partial charge is 0.306 e. The second kappa shape index (κ2) is 7.54. The number of aliphatic carboxylic acids is 1. The van der Waals surface area contributed by atoms with Crippen LogP contribution in [0.4, 0.5) is 0 Å². The summed E-state index contributed by atoms with van der Waals surface area (Å²) < 4.78 is 1.14. The molecule has 0 spiro atoms. The summed E-state index contributed by atoms with van der Waals surface area (Å²) in [6.45, 7) is 3.51. The Morgan fingerprint density at radius 2 is 2.06 bits per heavy atom. The molecule has 0 aliphatic carbocycles. The van der Waals surface area contributed by atoms with Crippen molar-refractivity contribution < 1.29 is 9.90 Å². The molecule has 1 unspecified atom stereocenters. The van der Waals surface area contributed by atoms with E-state index < -0.39 is 5.97 Å². The number of hydrogen-bond acceptors (Lipinski definition) is 2. The van der Waals surface area contributed by atoms with Gasteiger partial charge in [0.05, 0.1) is 5.92 Å². The van der Waals surface area contributed by atoms with Gasteiger partial charge >= 0.3 is 5.97 Å². The molecule has 18 heavy (non-hydrogen) atoms. The summed E-state index contributed by atoms with van der Waals surface area (Å²) in [6, 6.07) is 8.19. The van der Waals surface area contributed by atoms with E-state index in [4.69, 9.17) is 5.11 Å². The van der Waals surface area contributed by atoms with Crippen LogP contribution in [0.15, 0.2) is 28.7 Å². The van der Waals surface area contributed by atoms with Gasteiger partial charge in [-0.2, -0.15) is 0 Å². The van der Waals surface area contributed by atoms with Crippen molar-refractivity contribution in [1.29, 1.82) is 0 Å². The molecule has 3 nitrogen and oxygen atoms in total. The predicted octanol–water partition coefficient (Wildman–Crippen LogP) is 3.03. The van der Waals surface area contributed by atoms with Crippen LogP contribution in [-0.2, 0) is 11.2 Å². The van der Waals surface area contributed by atoms with Crippen molar-refractivity contribution in [2.75, 3.05) is 20.1 Å². The summed E-state index contributed by atoms with van der Waals surface area (Å²) in [7, 11) is 2.03. The maximum atomic E-state index is 10.7. The molecule has 100 valence electrons. The van der Waals surface area contributed by atoms with Crippen molar-refractivity contribution in [3.8, 4) is 0 Å². The highest BCUT2D eigenvalue weighted by Gasteiger charge is 2.11. The van der Waals surface area contributed by atoms with Gasteiger partial charge in [-0.15, -0.1) is 0 Å². The average Bonchev–Trinajstić information content (AvgIpc) is 2.34. The highest BCUT2D eigenvalue weighted by atomic mass is 79.9. The normalized spacial score (nSPS) is 12.7. The van der Waals surface area contributed by atoms with Crippen LogP contribution in [0, 0.1) is 5.92 Å². The van der Waals surface area contributed by atoms with Crippen LogP contribution in [0.2, 0.25) is 0 Å². The van der Waals surface area contributed by atoms with Crippen molar-refractivity contribution in [3.05, 3.63) is 34.3 Å². The first-order valence-electron chi connectivity index (χ1n) is 6.15. The molecule has 4 heteroatoms. The van der Waals surface area contributed by atoms with Crippen molar-refractivity contribution in [2.24, 2.45) is 5.92 Å². The molecule has 1 N–H and O–H groups in total. The first-order valence-corrected chi connectivity index (χ1v) is 6.94. The van der Waals surface area contributed by atoms with Crippen LogP contribution in [-0.4, -0.2) is 36.1 Å². The fraction of sp³-hybridized carbons (Fsp3) is 0.500. The number of carbonyl (C=O) groups is 1. The fourth-order valence-corrected chi connectivity index (χ4v) is 2.14. The summed E-state index contributed by atoms with van der Waals surface area (Å²) in [4.78, 5) is 12.9. The van der Waals surface area contributed by atoms with Crippen LogP contribution in [0.3, 0.4) is 0 Å². The molecule has 0 aliphatic rings. The highest BCUT2D eigenvalue weighted by Crippen LogP contribution is 2.16. The zero-order chi connectivity index (χ0) is 13.5. The Morgan fingerprint density at radius 3 is 2.67 bits per heavy atom. The molecule has 1 aromatic carbocycles. The molecule has 0 saturated heterocycles. The van der Waals surface area contributed by atoms with Gasteiger partial charge in [0.15, 0.2) is 0 Å². The summed E-state index contributed by atoms with van der Waals surface area (Å²) in [5.41, 5.74) is 1.29. The third-order valence-electron chi connectivity index (χ3n) is 3.09. The molecule has 0 amide bonds. The molecule has 0 aliphatic heterocycles. The second-order valence-corrected chi connectivity index (χ2v) is 5.53. The van der Waals surface area contributed by atoms with Crippen LogP contribution in [0.5, 0.6) is 0 Å². The molecule has 1 aromatic rings. The molecule has 0 aromatic heterocycles. The first kappa shape index (κ1) is 15.2. The van der Waals surface area contributed by atoms with Crippen LogP contribution in [0.1, 0.15) is 18.9 Å². The Kier molecular flexibility index (Phi) is 6.36. The Morgan fingerprint density at radius 1 is 1.39 bits per heavy atom. The molecule has 1 rings (SSSR count). The highest BCUT2D eigenvalue weighted by molar-refractivity contribution is 9.10. The van der Waals surface area contributed by atoms with Crippen LogP contribution >= 0.6 is 15.9 Å². The van der Waals surface area contributed by atoms with Gasteiger partial charge in [0, 0.05) is 11.0 Å². The van der Waals surface area contributed by atoms with Crippen molar-refractivity contribution in [2.45, 2.75) is 19.8 Å². The maximum absolute atomic E-state index is 10.7. The largest absolute Gasteiger partial charge is 0.481 e. The Bertz CT molecular complexity index is 395. The molecule has 0 fully saturated rings. The van der Waals surface area contributed by atoms with E-state index in [2.05, 4.69) is 26.9 Å². The number of likely N-dealkylation sites (N-methyl/N-ethyl adjacent to an activating group) is 1. The van der Waals surface area contributed by atoms with E-state index >= 15 is 0 Å². The minimum atomic E-state index is -0.714. The van der Waals surface area contributed by atoms with Crippen LogP contribution in [0.25, 0.3) is 0 Å². The Balaban J connectivity index is 2.31. The minimum absolute atomic E-state index is 0.268. The summed E-state index contributed by atoms with van der Waals surface area (Å²) >= 11 is 3.53. The SMILES string of the molecule is CC(CCN(C)CCc1ccccc1Br)C(=O)O. The fourth-order valence-electron chi connectivity index (χ4n) is 1.66. The summed E-state index contributed by atoms with van der Waals surface area (Å²) in [5.74, 6) is -0.981. The number of halogens is 1. The monoisotopic (exact) mass is 313 g/mol. The zero-order valence-corrected chi connectivity index (χ0v) is 12.5. The minimum Gasteiger partial charge on any atom is -0.481 e. The van der Waals surface area contributed by atoms with Gasteiger partial charge in [-0.25, -0.2) is 0 Å². The number of nitrogens with zero attached hydrogens (tertiary/aromatic N) is 1. The molecule has 0 bridgehead atoms. The number of carboxylic acid groups (broad SMARTS) is 1. The molecule has 1 atom stereocenters. The van der Waals surface area contributed by atoms with E-state index in [1.807, 2.05) is 25.2 Å². The van der Waals surface area contributed by atoms with Crippen molar-refractivity contribution in [3.63, 3.8) is 0 Å². The maximum Gasteiger partial charge on any atom is 0.306 e.